The van der Waals surface area contributed by atoms with Crippen molar-refractivity contribution in [3.05, 3.63) is 62.9 Å². The zero-order valence-corrected chi connectivity index (χ0v) is 13.6. The lowest BCUT2D eigenvalue weighted by atomic mass is 10.1. The Hall–Kier alpha value is -2.66. The molecule has 0 bridgehead atoms. The van der Waals surface area contributed by atoms with E-state index < -0.39 is 42.4 Å². The van der Waals surface area contributed by atoms with Crippen LogP contribution in [0.3, 0.4) is 0 Å². The number of aromatic nitrogens is 2. The predicted molar refractivity (Wildman–Crippen MR) is 88.9 cm³/mol. The Bertz CT molecular complexity index is 880. The van der Waals surface area contributed by atoms with Gasteiger partial charge in [0.1, 0.15) is 24.9 Å². The van der Waals surface area contributed by atoms with Gasteiger partial charge in [0.2, 0.25) is 5.75 Å². The van der Waals surface area contributed by atoms with Crippen LogP contribution in [0.15, 0.2) is 46.1 Å². The molecule has 5 N–H and O–H groups in total. The molecule has 0 radical (unpaired) electrons. The SMILES string of the molecule is Nn1c(=O)c(OCc2ccccc2)cn([C@@H]2O[C@H](CO)[C@@H](O)[C@H]2O)c1=O. The Morgan fingerprint density at radius 1 is 1.15 bits per heavy atom. The van der Waals surface area contributed by atoms with E-state index in [1.165, 1.54) is 0 Å². The summed E-state index contributed by atoms with van der Waals surface area (Å²) in [6.07, 6.45) is -4.23. The quantitative estimate of drug-likeness (QED) is 0.441. The smallest absolute Gasteiger partial charge is 0.352 e. The number of aliphatic hydroxyl groups is 3. The van der Waals surface area contributed by atoms with Crippen molar-refractivity contribution in [2.45, 2.75) is 31.1 Å². The molecule has 0 amide bonds. The summed E-state index contributed by atoms with van der Waals surface area (Å²) in [5.74, 6) is 5.28. The first-order valence-corrected chi connectivity index (χ1v) is 7.86. The molecule has 4 atom stereocenters. The maximum atomic E-state index is 12.3. The molecule has 1 fully saturated rings. The molecule has 2 aromatic rings. The predicted octanol–water partition coefficient (Wildman–Crippen LogP) is -2.09. The molecule has 2 heterocycles. The molecule has 140 valence electrons. The molecule has 1 aliphatic rings. The number of ether oxygens (including phenoxy) is 2. The largest absolute Gasteiger partial charge is 0.482 e. The fourth-order valence-corrected chi connectivity index (χ4v) is 2.69. The van der Waals surface area contributed by atoms with Gasteiger partial charge in [0.25, 0.3) is 0 Å². The fraction of sp³-hybridized carbons (Fsp3) is 0.375. The molecule has 0 aliphatic carbocycles. The summed E-state index contributed by atoms with van der Waals surface area (Å²) in [5, 5.41) is 29.1. The average molecular weight is 365 g/mol. The van der Waals surface area contributed by atoms with Crippen LogP contribution in [-0.4, -0.2) is 49.5 Å². The number of hydrogen-bond acceptors (Lipinski definition) is 8. The minimum atomic E-state index is -1.50. The van der Waals surface area contributed by atoms with E-state index in [0.29, 0.717) is 4.68 Å². The van der Waals surface area contributed by atoms with Gasteiger partial charge < -0.3 is 30.6 Å². The summed E-state index contributed by atoms with van der Waals surface area (Å²) in [6, 6.07) is 9.03. The summed E-state index contributed by atoms with van der Waals surface area (Å²) in [6.45, 7) is -0.493. The van der Waals surface area contributed by atoms with Crippen LogP contribution in [0.4, 0.5) is 0 Å². The van der Waals surface area contributed by atoms with E-state index >= 15 is 0 Å². The molecular weight excluding hydrogens is 346 g/mol. The summed E-state index contributed by atoms with van der Waals surface area (Å²) >= 11 is 0. The van der Waals surface area contributed by atoms with E-state index in [1.807, 2.05) is 6.07 Å². The van der Waals surface area contributed by atoms with Crippen molar-refractivity contribution in [3.8, 4) is 5.75 Å². The number of hydrogen-bond donors (Lipinski definition) is 4. The second kappa shape index (κ2) is 7.30. The van der Waals surface area contributed by atoms with Gasteiger partial charge in [0, 0.05) is 0 Å². The van der Waals surface area contributed by atoms with Gasteiger partial charge in [-0.15, -0.1) is 0 Å². The van der Waals surface area contributed by atoms with Crippen LogP contribution in [0, 0.1) is 0 Å². The Labute approximate surface area is 147 Å². The van der Waals surface area contributed by atoms with Crippen LogP contribution in [0.25, 0.3) is 0 Å². The van der Waals surface area contributed by atoms with Crippen molar-refractivity contribution < 1.29 is 24.8 Å². The van der Waals surface area contributed by atoms with Crippen molar-refractivity contribution >= 4 is 0 Å². The van der Waals surface area contributed by atoms with Crippen molar-refractivity contribution in [1.82, 2.24) is 9.24 Å². The molecular formula is C16H19N3O7. The van der Waals surface area contributed by atoms with E-state index in [2.05, 4.69) is 0 Å². The van der Waals surface area contributed by atoms with E-state index in [-0.39, 0.29) is 12.4 Å². The summed E-state index contributed by atoms with van der Waals surface area (Å²) < 4.78 is 11.9. The molecule has 0 spiro atoms. The van der Waals surface area contributed by atoms with Crippen molar-refractivity contribution in [3.63, 3.8) is 0 Å². The number of nitrogens with zero attached hydrogens (tertiary/aromatic N) is 2. The molecule has 1 aromatic carbocycles. The minimum Gasteiger partial charge on any atom is -0.482 e. The van der Waals surface area contributed by atoms with Crippen LogP contribution in [0.1, 0.15) is 11.8 Å². The molecule has 1 saturated heterocycles. The van der Waals surface area contributed by atoms with Gasteiger partial charge in [-0.1, -0.05) is 30.3 Å². The number of nitrogen functional groups attached to an aromatic ring is 1. The summed E-state index contributed by atoms with van der Waals surface area (Å²) in [4.78, 5) is 24.4. The van der Waals surface area contributed by atoms with Gasteiger partial charge in [-0.2, -0.15) is 4.68 Å². The highest BCUT2D eigenvalue weighted by molar-refractivity contribution is 5.18. The maximum Gasteiger partial charge on any atom is 0.352 e. The standard InChI is InChI=1S/C16H19N3O7/c17-19-14(23)10(25-8-9-4-2-1-3-5-9)6-18(16(19)24)15-13(22)12(21)11(7-20)26-15/h1-6,11-13,15,20-22H,7-8,17H2/t11-,12-,13-,15-/m1/s1. The van der Waals surface area contributed by atoms with E-state index in [1.54, 1.807) is 24.3 Å². The minimum absolute atomic E-state index is 0.0598. The van der Waals surface area contributed by atoms with Crippen LogP contribution >= 0.6 is 0 Å². The molecule has 1 aliphatic heterocycles. The van der Waals surface area contributed by atoms with Gasteiger partial charge in [0.05, 0.1) is 12.8 Å². The van der Waals surface area contributed by atoms with Crippen molar-refractivity contribution in [2.24, 2.45) is 0 Å². The van der Waals surface area contributed by atoms with E-state index in [9.17, 15) is 19.8 Å². The van der Waals surface area contributed by atoms with Crippen LogP contribution < -0.4 is 21.8 Å². The first-order valence-electron chi connectivity index (χ1n) is 7.86. The highest BCUT2D eigenvalue weighted by atomic mass is 16.6. The third kappa shape index (κ3) is 3.22. The number of rotatable bonds is 5. The number of aliphatic hydroxyl groups excluding tert-OH is 3. The third-order valence-corrected chi connectivity index (χ3v) is 4.14. The molecule has 26 heavy (non-hydrogen) atoms. The normalized spacial score (nSPS) is 25.3. The lowest BCUT2D eigenvalue weighted by molar-refractivity contribution is -0.0557. The molecule has 10 heteroatoms. The highest BCUT2D eigenvalue weighted by Crippen LogP contribution is 2.28. The zero-order chi connectivity index (χ0) is 18.8. The molecule has 1 aromatic heterocycles. The third-order valence-electron chi connectivity index (χ3n) is 4.14. The Balaban J connectivity index is 1.93. The van der Waals surface area contributed by atoms with E-state index in [0.717, 1.165) is 16.3 Å². The Kier molecular flexibility index (Phi) is 5.09. The van der Waals surface area contributed by atoms with Crippen LogP contribution in [0.5, 0.6) is 5.75 Å². The van der Waals surface area contributed by atoms with Gasteiger partial charge in [-0.05, 0) is 5.56 Å². The lowest BCUT2D eigenvalue weighted by Crippen LogP contribution is -2.47. The summed E-state index contributed by atoms with van der Waals surface area (Å²) in [7, 11) is 0. The average Bonchev–Trinajstić information content (AvgIpc) is 2.95. The second-order valence-electron chi connectivity index (χ2n) is 5.86. The number of benzene rings is 1. The fourth-order valence-electron chi connectivity index (χ4n) is 2.69. The van der Waals surface area contributed by atoms with Gasteiger partial charge >= 0.3 is 11.2 Å². The number of nitrogens with two attached hydrogens (primary N) is 1. The molecule has 0 saturated carbocycles. The molecule has 3 rings (SSSR count). The van der Waals surface area contributed by atoms with E-state index in [4.69, 9.17) is 20.4 Å². The lowest BCUT2D eigenvalue weighted by Gasteiger charge is -2.19. The van der Waals surface area contributed by atoms with Crippen molar-refractivity contribution in [1.29, 1.82) is 0 Å². The van der Waals surface area contributed by atoms with Crippen molar-refractivity contribution in [2.75, 3.05) is 12.4 Å². The zero-order valence-electron chi connectivity index (χ0n) is 13.6. The van der Waals surface area contributed by atoms with Crippen LogP contribution in [-0.2, 0) is 11.3 Å². The first kappa shape index (κ1) is 18.1. The summed E-state index contributed by atoms with van der Waals surface area (Å²) in [5.41, 5.74) is -1.02. The molecule has 10 nitrogen and oxygen atoms in total. The van der Waals surface area contributed by atoms with Crippen LogP contribution in [0.2, 0.25) is 0 Å². The van der Waals surface area contributed by atoms with Gasteiger partial charge in [-0.3, -0.25) is 9.36 Å². The first-order chi connectivity index (χ1) is 12.4. The monoisotopic (exact) mass is 365 g/mol. The molecule has 0 unspecified atom stereocenters. The van der Waals surface area contributed by atoms with Gasteiger partial charge in [-0.25, -0.2) is 4.79 Å². The topological polar surface area (TPSA) is 149 Å². The Morgan fingerprint density at radius 2 is 1.85 bits per heavy atom. The van der Waals surface area contributed by atoms with Gasteiger partial charge in [0.15, 0.2) is 6.23 Å². The Morgan fingerprint density at radius 3 is 2.46 bits per heavy atom. The maximum absolute atomic E-state index is 12.3. The second-order valence-corrected chi connectivity index (χ2v) is 5.86. The highest BCUT2D eigenvalue weighted by Gasteiger charge is 2.44.